The van der Waals surface area contributed by atoms with Crippen LogP contribution in [-0.2, 0) is 6.54 Å². The number of aryl methyl sites for hydroxylation is 1. The van der Waals surface area contributed by atoms with Crippen LogP contribution < -0.4 is 5.73 Å². The molecular formula is C13H25N3. The summed E-state index contributed by atoms with van der Waals surface area (Å²) in [4.78, 5) is 0. The van der Waals surface area contributed by atoms with Crippen molar-refractivity contribution in [1.29, 1.82) is 0 Å². The molecule has 3 nitrogen and oxygen atoms in total. The van der Waals surface area contributed by atoms with Crippen LogP contribution >= 0.6 is 0 Å². The van der Waals surface area contributed by atoms with E-state index in [1.54, 1.807) is 6.20 Å². The maximum absolute atomic E-state index is 5.74. The van der Waals surface area contributed by atoms with Crippen molar-refractivity contribution in [2.45, 2.75) is 64.8 Å². The van der Waals surface area contributed by atoms with Crippen molar-refractivity contribution in [2.75, 3.05) is 5.73 Å². The molecule has 0 aliphatic heterocycles. The van der Waals surface area contributed by atoms with Gasteiger partial charge in [0.2, 0.25) is 0 Å². The third-order valence-electron chi connectivity index (χ3n) is 2.97. The molecule has 0 saturated heterocycles. The van der Waals surface area contributed by atoms with E-state index in [0.29, 0.717) is 0 Å². The normalized spacial score (nSPS) is 10.8. The Labute approximate surface area is 99.0 Å². The lowest BCUT2D eigenvalue weighted by Gasteiger charge is -2.04. The van der Waals surface area contributed by atoms with Crippen LogP contribution in [0.3, 0.4) is 0 Å². The first kappa shape index (κ1) is 13.1. The number of aromatic nitrogens is 2. The van der Waals surface area contributed by atoms with Gasteiger partial charge >= 0.3 is 0 Å². The number of nitrogens with zero attached hydrogens (tertiary/aromatic N) is 2. The molecule has 1 rings (SSSR count). The van der Waals surface area contributed by atoms with E-state index in [1.165, 1.54) is 51.4 Å². The minimum atomic E-state index is 0.781. The standard InChI is InChI=1S/C13H25N3/c1-2-3-4-5-6-7-8-9-12-16-13(14)10-11-15-16/h10-11H,2-9,12,14H2,1H3. The number of nitrogen functional groups attached to an aromatic ring is 1. The first-order valence-corrected chi connectivity index (χ1v) is 6.62. The zero-order valence-electron chi connectivity index (χ0n) is 10.5. The van der Waals surface area contributed by atoms with Crippen molar-refractivity contribution < 1.29 is 0 Å². The first-order valence-electron chi connectivity index (χ1n) is 6.62. The van der Waals surface area contributed by atoms with E-state index in [0.717, 1.165) is 12.4 Å². The van der Waals surface area contributed by atoms with Gasteiger partial charge in [-0.05, 0) is 12.5 Å². The molecule has 3 heteroatoms. The summed E-state index contributed by atoms with van der Waals surface area (Å²) in [6.07, 6.45) is 12.5. The Bertz CT molecular complexity index is 268. The van der Waals surface area contributed by atoms with Gasteiger partial charge in [-0.15, -0.1) is 0 Å². The molecule has 0 aliphatic rings. The fourth-order valence-electron chi connectivity index (χ4n) is 1.93. The fraction of sp³-hybridized carbons (Fsp3) is 0.769. The van der Waals surface area contributed by atoms with Gasteiger partial charge in [-0.2, -0.15) is 5.10 Å². The largest absolute Gasteiger partial charge is 0.384 e. The molecule has 16 heavy (non-hydrogen) atoms. The molecule has 1 aromatic heterocycles. The highest BCUT2D eigenvalue weighted by Crippen LogP contribution is 2.09. The average Bonchev–Trinajstić information content (AvgIpc) is 2.68. The second-order valence-corrected chi connectivity index (χ2v) is 4.45. The Hall–Kier alpha value is -0.990. The van der Waals surface area contributed by atoms with Gasteiger partial charge in [0.1, 0.15) is 5.82 Å². The predicted octanol–water partition coefficient (Wildman–Crippen LogP) is 3.61. The summed E-state index contributed by atoms with van der Waals surface area (Å²) in [5.74, 6) is 0.781. The van der Waals surface area contributed by atoms with Crippen molar-refractivity contribution in [3.05, 3.63) is 12.3 Å². The Kier molecular flexibility index (Phi) is 6.70. The van der Waals surface area contributed by atoms with Crippen LogP contribution in [0.15, 0.2) is 12.3 Å². The fourth-order valence-corrected chi connectivity index (χ4v) is 1.93. The molecule has 2 N–H and O–H groups in total. The first-order chi connectivity index (χ1) is 7.84. The topological polar surface area (TPSA) is 43.8 Å². The van der Waals surface area contributed by atoms with Gasteiger partial charge in [-0.25, -0.2) is 0 Å². The molecule has 0 bridgehead atoms. The van der Waals surface area contributed by atoms with Crippen molar-refractivity contribution in [1.82, 2.24) is 9.78 Å². The van der Waals surface area contributed by atoms with E-state index in [4.69, 9.17) is 5.73 Å². The SMILES string of the molecule is CCCCCCCCCCn1nccc1N. The van der Waals surface area contributed by atoms with Crippen LogP contribution in [-0.4, -0.2) is 9.78 Å². The molecule has 92 valence electrons. The van der Waals surface area contributed by atoms with Gasteiger partial charge in [0.15, 0.2) is 0 Å². The van der Waals surface area contributed by atoms with Crippen LogP contribution in [0.2, 0.25) is 0 Å². The van der Waals surface area contributed by atoms with E-state index < -0.39 is 0 Å². The summed E-state index contributed by atoms with van der Waals surface area (Å²) >= 11 is 0. The van der Waals surface area contributed by atoms with Crippen molar-refractivity contribution in [2.24, 2.45) is 0 Å². The summed E-state index contributed by atoms with van der Waals surface area (Å²) in [5.41, 5.74) is 5.74. The summed E-state index contributed by atoms with van der Waals surface area (Å²) in [7, 11) is 0. The molecule has 0 atom stereocenters. The molecule has 1 heterocycles. The second kappa shape index (κ2) is 8.20. The van der Waals surface area contributed by atoms with Gasteiger partial charge in [-0.1, -0.05) is 51.9 Å². The van der Waals surface area contributed by atoms with E-state index in [-0.39, 0.29) is 0 Å². The smallest absolute Gasteiger partial charge is 0.121 e. The maximum atomic E-state index is 5.74. The van der Waals surface area contributed by atoms with E-state index in [2.05, 4.69) is 12.0 Å². The summed E-state index contributed by atoms with van der Waals surface area (Å²) in [6, 6.07) is 1.85. The minimum Gasteiger partial charge on any atom is -0.384 e. The minimum absolute atomic E-state index is 0.781. The van der Waals surface area contributed by atoms with Gasteiger partial charge in [0.05, 0.1) is 6.20 Å². The lowest BCUT2D eigenvalue weighted by molar-refractivity contribution is 0.524. The van der Waals surface area contributed by atoms with E-state index >= 15 is 0 Å². The van der Waals surface area contributed by atoms with Crippen LogP contribution in [0.4, 0.5) is 5.82 Å². The highest BCUT2D eigenvalue weighted by molar-refractivity contribution is 5.25. The van der Waals surface area contributed by atoms with Crippen LogP contribution in [0.25, 0.3) is 0 Å². The van der Waals surface area contributed by atoms with Gasteiger partial charge in [0, 0.05) is 6.54 Å². The van der Waals surface area contributed by atoms with E-state index in [1.807, 2.05) is 10.7 Å². The van der Waals surface area contributed by atoms with Crippen molar-refractivity contribution >= 4 is 5.82 Å². The highest BCUT2D eigenvalue weighted by Gasteiger charge is 1.97. The molecule has 0 amide bonds. The van der Waals surface area contributed by atoms with Crippen molar-refractivity contribution in [3.63, 3.8) is 0 Å². The maximum Gasteiger partial charge on any atom is 0.121 e. The highest BCUT2D eigenvalue weighted by atomic mass is 15.3. The van der Waals surface area contributed by atoms with E-state index in [9.17, 15) is 0 Å². The van der Waals surface area contributed by atoms with Crippen LogP contribution in [0.1, 0.15) is 58.3 Å². The van der Waals surface area contributed by atoms with Crippen molar-refractivity contribution in [3.8, 4) is 0 Å². The average molecular weight is 223 g/mol. The summed E-state index contributed by atoms with van der Waals surface area (Å²) in [6.45, 7) is 3.22. The molecule has 0 spiro atoms. The monoisotopic (exact) mass is 223 g/mol. The Balaban J connectivity index is 1.91. The molecule has 0 radical (unpaired) electrons. The number of nitrogens with two attached hydrogens (primary N) is 1. The van der Waals surface area contributed by atoms with Crippen LogP contribution in [0.5, 0.6) is 0 Å². The Morgan fingerprint density at radius 2 is 1.69 bits per heavy atom. The zero-order valence-corrected chi connectivity index (χ0v) is 10.5. The lowest BCUT2D eigenvalue weighted by atomic mass is 10.1. The molecule has 0 fully saturated rings. The molecule has 0 unspecified atom stereocenters. The third kappa shape index (κ3) is 5.19. The summed E-state index contributed by atoms with van der Waals surface area (Å²) < 4.78 is 1.89. The summed E-state index contributed by atoms with van der Waals surface area (Å²) in [5, 5.41) is 4.17. The number of unbranched alkanes of at least 4 members (excludes halogenated alkanes) is 7. The lowest BCUT2D eigenvalue weighted by Crippen LogP contribution is -2.04. The quantitative estimate of drug-likeness (QED) is 0.650. The number of rotatable bonds is 9. The van der Waals surface area contributed by atoms with Gasteiger partial charge in [0.25, 0.3) is 0 Å². The second-order valence-electron chi connectivity index (χ2n) is 4.45. The van der Waals surface area contributed by atoms with Gasteiger partial charge < -0.3 is 5.73 Å². The molecule has 0 aromatic carbocycles. The molecular weight excluding hydrogens is 198 g/mol. The Morgan fingerprint density at radius 1 is 1.06 bits per heavy atom. The number of hydrogen-bond acceptors (Lipinski definition) is 2. The Morgan fingerprint density at radius 3 is 2.25 bits per heavy atom. The number of anilines is 1. The molecule has 1 aromatic rings. The number of hydrogen-bond donors (Lipinski definition) is 1. The van der Waals surface area contributed by atoms with Gasteiger partial charge in [-0.3, -0.25) is 4.68 Å². The molecule has 0 saturated carbocycles. The molecule has 0 aliphatic carbocycles. The van der Waals surface area contributed by atoms with Crippen LogP contribution in [0, 0.1) is 0 Å². The predicted molar refractivity (Wildman–Crippen MR) is 69.2 cm³/mol. The zero-order chi connectivity index (χ0) is 11.6. The third-order valence-corrected chi connectivity index (χ3v) is 2.97.